The highest BCUT2D eigenvalue weighted by molar-refractivity contribution is 7.16. The van der Waals surface area contributed by atoms with E-state index in [1.807, 2.05) is 20.2 Å². The van der Waals surface area contributed by atoms with Crippen LogP contribution in [0.25, 0.3) is 16.0 Å². The normalized spacial score (nSPS) is 11.4. The van der Waals surface area contributed by atoms with Gasteiger partial charge in [0.15, 0.2) is 0 Å². The third-order valence-corrected chi connectivity index (χ3v) is 4.56. The number of hydrogen-bond acceptors (Lipinski definition) is 6. The van der Waals surface area contributed by atoms with Crippen LogP contribution in [0.3, 0.4) is 0 Å². The molecule has 0 spiro atoms. The molecule has 0 aromatic carbocycles. The predicted molar refractivity (Wildman–Crippen MR) is 90.1 cm³/mol. The van der Waals surface area contributed by atoms with E-state index in [-0.39, 0.29) is 5.91 Å². The van der Waals surface area contributed by atoms with E-state index in [0.29, 0.717) is 18.5 Å². The molecule has 0 aliphatic carbocycles. The lowest BCUT2D eigenvalue weighted by atomic mass is 10.2. The van der Waals surface area contributed by atoms with E-state index in [0.717, 1.165) is 26.7 Å². The summed E-state index contributed by atoms with van der Waals surface area (Å²) in [5.74, 6) is -0.152. The van der Waals surface area contributed by atoms with Gasteiger partial charge in [0.2, 0.25) is 4.96 Å². The van der Waals surface area contributed by atoms with Crippen molar-refractivity contribution in [3.05, 3.63) is 40.9 Å². The second-order valence-corrected chi connectivity index (χ2v) is 6.64. The maximum absolute atomic E-state index is 12.3. The van der Waals surface area contributed by atoms with E-state index in [2.05, 4.69) is 25.5 Å². The van der Waals surface area contributed by atoms with E-state index in [1.165, 1.54) is 0 Å². The Kier molecular flexibility index (Phi) is 3.49. The lowest BCUT2D eigenvalue weighted by Crippen LogP contribution is -2.25. The molecule has 1 N–H and O–H groups in total. The van der Waals surface area contributed by atoms with Crippen LogP contribution in [0.2, 0.25) is 0 Å². The van der Waals surface area contributed by atoms with Crippen LogP contribution in [0, 0.1) is 6.92 Å². The van der Waals surface area contributed by atoms with Crippen molar-refractivity contribution in [2.24, 2.45) is 7.05 Å². The maximum atomic E-state index is 12.3. The Morgan fingerprint density at radius 3 is 3.08 bits per heavy atom. The van der Waals surface area contributed by atoms with Gasteiger partial charge in [-0.05, 0) is 13.0 Å². The number of fused-ring (bicyclic) bond motifs is 2. The summed E-state index contributed by atoms with van der Waals surface area (Å²) >= 11 is 1.55. The number of carbonyl (C=O) groups excluding carboxylic acids is 1. The molecular formula is C15H15N7OS. The number of nitrogens with zero attached hydrogens (tertiary/aromatic N) is 6. The Bertz CT molecular complexity index is 1010. The molecule has 1 amide bonds. The van der Waals surface area contributed by atoms with Gasteiger partial charge in [-0.25, -0.2) is 9.50 Å². The number of carbonyl (C=O) groups is 1. The van der Waals surface area contributed by atoms with E-state index < -0.39 is 0 Å². The van der Waals surface area contributed by atoms with Crippen molar-refractivity contribution in [1.82, 2.24) is 34.7 Å². The second kappa shape index (κ2) is 5.68. The number of amides is 1. The maximum Gasteiger partial charge on any atom is 0.252 e. The molecule has 0 atom stereocenters. The first-order valence-corrected chi connectivity index (χ1v) is 8.29. The quantitative estimate of drug-likeness (QED) is 0.605. The molecule has 9 heteroatoms. The summed E-state index contributed by atoms with van der Waals surface area (Å²) in [4.78, 5) is 21.9. The van der Waals surface area contributed by atoms with Crippen molar-refractivity contribution in [3.63, 3.8) is 0 Å². The molecule has 4 aromatic rings. The van der Waals surface area contributed by atoms with Gasteiger partial charge in [0, 0.05) is 26.2 Å². The van der Waals surface area contributed by atoms with Crippen LogP contribution < -0.4 is 5.32 Å². The molecule has 4 heterocycles. The summed E-state index contributed by atoms with van der Waals surface area (Å²) in [5.41, 5.74) is 3.04. The molecule has 4 rings (SSSR count). The SMILES string of the molecule is Cc1nn2cc(CCNC(=O)c3cnc4cnn(C)c4c3)nc2s1. The van der Waals surface area contributed by atoms with Gasteiger partial charge in [-0.1, -0.05) is 11.3 Å². The number of aryl methyl sites for hydroxylation is 2. The molecule has 0 saturated heterocycles. The van der Waals surface area contributed by atoms with Gasteiger partial charge in [0.25, 0.3) is 5.91 Å². The Balaban J connectivity index is 1.41. The van der Waals surface area contributed by atoms with Crippen LogP contribution in [0.4, 0.5) is 0 Å². The zero-order valence-electron chi connectivity index (χ0n) is 13.2. The molecule has 0 fully saturated rings. The van der Waals surface area contributed by atoms with E-state index in [1.54, 1.807) is 39.0 Å². The van der Waals surface area contributed by atoms with Crippen LogP contribution in [0.1, 0.15) is 21.1 Å². The van der Waals surface area contributed by atoms with Gasteiger partial charge in [0.05, 0.1) is 29.2 Å². The van der Waals surface area contributed by atoms with Crippen LogP contribution >= 0.6 is 11.3 Å². The van der Waals surface area contributed by atoms with Gasteiger partial charge in [-0.15, -0.1) is 0 Å². The molecule has 8 nitrogen and oxygen atoms in total. The summed E-state index contributed by atoms with van der Waals surface area (Å²) < 4.78 is 3.48. The van der Waals surface area contributed by atoms with E-state index in [9.17, 15) is 4.79 Å². The van der Waals surface area contributed by atoms with Crippen LogP contribution in [-0.4, -0.2) is 41.8 Å². The third kappa shape index (κ3) is 2.62. The molecule has 0 aliphatic rings. The second-order valence-electron chi connectivity index (χ2n) is 5.48. The smallest absolute Gasteiger partial charge is 0.252 e. The summed E-state index contributed by atoms with van der Waals surface area (Å²) in [6.45, 7) is 2.46. The van der Waals surface area contributed by atoms with E-state index >= 15 is 0 Å². The Morgan fingerprint density at radius 1 is 1.38 bits per heavy atom. The first-order valence-electron chi connectivity index (χ1n) is 7.48. The molecule has 0 unspecified atom stereocenters. The first kappa shape index (κ1) is 14.8. The van der Waals surface area contributed by atoms with Crippen molar-refractivity contribution in [2.75, 3.05) is 6.54 Å². The Labute approximate surface area is 141 Å². The molecule has 24 heavy (non-hydrogen) atoms. The molecule has 0 aliphatic heterocycles. The minimum absolute atomic E-state index is 0.152. The van der Waals surface area contributed by atoms with Gasteiger partial charge in [-0.3, -0.25) is 14.5 Å². The average Bonchev–Trinajstić information content (AvgIpc) is 3.20. The van der Waals surface area contributed by atoms with Gasteiger partial charge in [-0.2, -0.15) is 10.2 Å². The fourth-order valence-electron chi connectivity index (χ4n) is 2.52. The van der Waals surface area contributed by atoms with Crippen molar-refractivity contribution >= 4 is 33.2 Å². The lowest BCUT2D eigenvalue weighted by molar-refractivity contribution is 0.0954. The lowest BCUT2D eigenvalue weighted by Gasteiger charge is -2.04. The number of imidazole rings is 1. The zero-order chi connectivity index (χ0) is 16.7. The van der Waals surface area contributed by atoms with Gasteiger partial charge >= 0.3 is 0 Å². The first-order chi connectivity index (χ1) is 11.6. The number of rotatable bonds is 4. The molecule has 4 aromatic heterocycles. The van der Waals surface area contributed by atoms with Crippen LogP contribution in [0.5, 0.6) is 0 Å². The molecule has 0 saturated carbocycles. The summed E-state index contributed by atoms with van der Waals surface area (Å²) in [6.07, 6.45) is 5.80. The van der Waals surface area contributed by atoms with Crippen molar-refractivity contribution in [3.8, 4) is 0 Å². The minimum Gasteiger partial charge on any atom is -0.352 e. The van der Waals surface area contributed by atoms with Crippen LogP contribution in [-0.2, 0) is 13.5 Å². The highest BCUT2D eigenvalue weighted by Crippen LogP contribution is 2.14. The molecule has 122 valence electrons. The fourth-order valence-corrected chi connectivity index (χ4v) is 3.26. The number of nitrogens with one attached hydrogen (secondary N) is 1. The summed E-state index contributed by atoms with van der Waals surface area (Å²) in [5, 5.41) is 12.3. The number of aromatic nitrogens is 6. The Hall–Kier alpha value is -2.81. The fraction of sp³-hybridized carbons (Fsp3) is 0.267. The van der Waals surface area contributed by atoms with Gasteiger partial charge in [0.1, 0.15) is 10.5 Å². The standard InChI is InChI=1S/C15H15N7OS/c1-9-20-22-8-11(19-15(22)24-9)3-4-16-14(23)10-5-13-12(17-6-10)7-18-21(13)2/h5-8H,3-4H2,1-2H3,(H,16,23). The molecule has 0 bridgehead atoms. The van der Waals surface area contributed by atoms with Gasteiger partial charge < -0.3 is 5.32 Å². The average molecular weight is 341 g/mol. The summed E-state index contributed by atoms with van der Waals surface area (Å²) in [7, 11) is 1.83. The topological polar surface area (TPSA) is 90.0 Å². The van der Waals surface area contributed by atoms with Crippen molar-refractivity contribution in [2.45, 2.75) is 13.3 Å². The zero-order valence-corrected chi connectivity index (χ0v) is 14.0. The minimum atomic E-state index is -0.152. The number of pyridine rings is 1. The Morgan fingerprint density at radius 2 is 2.25 bits per heavy atom. The number of hydrogen-bond donors (Lipinski definition) is 1. The molecular weight excluding hydrogens is 326 g/mol. The third-order valence-electron chi connectivity index (χ3n) is 3.72. The highest BCUT2D eigenvalue weighted by atomic mass is 32.1. The van der Waals surface area contributed by atoms with Crippen molar-refractivity contribution in [1.29, 1.82) is 0 Å². The largest absolute Gasteiger partial charge is 0.352 e. The van der Waals surface area contributed by atoms with Crippen LogP contribution in [0.15, 0.2) is 24.7 Å². The monoisotopic (exact) mass is 341 g/mol. The summed E-state index contributed by atoms with van der Waals surface area (Å²) in [6, 6.07) is 1.80. The molecule has 0 radical (unpaired) electrons. The predicted octanol–water partition coefficient (Wildman–Crippen LogP) is 1.35. The highest BCUT2D eigenvalue weighted by Gasteiger charge is 2.10. The van der Waals surface area contributed by atoms with Crippen molar-refractivity contribution < 1.29 is 4.79 Å². The van der Waals surface area contributed by atoms with E-state index in [4.69, 9.17) is 0 Å².